The van der Waals surface area contributed by atoms with Crippen molar-refractivity contribution < 1.29 is 14.3 Å². The van der Waals surface area contributed by atoms with E-state index in [1.807, 2.05) is 32.3 Å². The standard InChI is InChI=1S/C18H23N5O3/c1-23(2)9-3-7-19-18-20-8-6-14(22-18)17(24)21-11-13-4-5-15-16(10-13)26-12-25-15/h4-6,8,10H,3,7,9,11-12H2,1-2H3,(H,21,24)(H,19,20,22). The summed E-state index contributed by atoms with van der Waals surface area (Å²) in [4.78, 5) is 22.9. The van der Waals surface area contributed by atoms with Crippen molar-refractivity contribution in [3.8, 4) is 11.5 Å². The molecule has 2 aromatic rings. The predicted octanol–water partition coefficient (Wildman–Crippen LogP) is 1.50. The Balaban J connectivity index is 1.52. The van der Waals surface area contributed by atoms with E-state index in [0.29, 0.717) is 23.9 Å². The van der Waals surface area contributed by atoms with Crippen LogP contribution in [0.5, 0.6) is 11.5 Å². The Bertz CT molecular complexity index is 766. The molecule has 2 N–H and O–H groups in total. The van der Waals surface area contributed by atoms with Crippen LogP contribution in [0.15, 0.2) is 30.5 Å². The summed E-state index contributed by atoms with van der Waals surface area (Å²) in [5.74, 6) is 1.63. The van der Waals surface area contributed by atoms with Gasteiger partial charge in [0.1, 0.15) is 5.69 Å². The molecule has 0 saturated carbocycles. The Morgan fingerprint density at radius 1 is 1.23 bits per heavy atom. The molecule has 0 atom stereocenters. The fraction of sp³-hybridized carbons (Fsp3) is 0.389. The number of hydrogen-bond donors (Lipinski definition) is 2. The van der Waals surface area contributed by atoms with E-state index in [4.69, 9.17) is 9.47 Å². The maximum absolute atomic E-state index is 12.3. The van der Waals surface area contributed by atoms with Gasteiger partial charge in [-0.2, -0.15) is 0 Å². The first kappa shape index (κ1) is 17.9. The number of rotatable bonds is 8. The summed E-state index contributed by atoms with van der Waals surface area (Å²) < 4.78 is 10.6. The lowest BCUT2D eigenvalue weighted by Crippen LogP contribution is -2.24. The second-order valence-corrected chi connectivity index (χ2v) is 6.22. The number of amides is 1. The highest BCUT2D eigenvalue weighted by Crippen LogP contribution is 2.32. The molecule has 0 spiro atoms. The van der Waals surface area contributed by atoms with Crippen molar-refractivity contribution in [2.45, 2.75) is 13.0 Å². The van der Waals surface area contributed by atoms with Crippen LogP contribution in [-0.2, 0) is 6.54 Å². The molecule has 0 saturated heterocycles. The van der Waals surface area contributed by atoms with Gasteiger partial charge in [0.25, 0.3) is 5.91 Å². The molecular formula is C18H23N5O3. The first-order valence-corrected chi connectivity index (χ1v) is 8.50. The molecule has 1 aromatic heterocycles. The Kier molecular flexibility index (Phi) is 5.85. The number of hydrogen-bond acceptors (Lipinski definition) is 7. The van der Waals surface area contributed by atoms with Gasteiger partial charge in [-0.05, 0) is 50.8 Å². The number of ether oxygens (including phenoxy) is 2. The summed E-state index contributed by atoms with van der Waals surface area (Å²) in [6.45, 7) is 2.34. The molecule has 1 amide bonds. The Labute approximate surface area is 152 Å². The van der Waals surface area contributed by atoms with E-state index >= 15 is 0 Å². The van der Waals surface area contributed by atoms with Crippen molar-refractivity contribution >= 4 is 11.9 Å². The van der Waals surface area contributed by atoms with E-state index in [0.717, 1.165) is 30.8 Å². The van der Waals surface area contributed by atoms with Gasteiger partial charge in [0.05, 0.1) is 0 Å². The van der Waals surface area contributed by atoms with Crippen molar-refractivity contribution in [1.29, 1.82) is 0 Å². The number of anilines is 1. The van der Waals surface area contributed by atoms with Crippen molar-refractivity contribution in [2.75, 3.05) is 39.3 Å². The minimum absolute atomic E-state index is 0.233. The molecule has 0 unspecified atom stereocenters. The smallest absolute Gasteiger partial charge is 0.270 e. The summed E-state index contributed by atoms with van der Waals surface area (Å²) >= 11 is 0. The zero-order valence-corrected chi connectivity index (χ0v) is 15.0. The lowest BCUT2D eigenvalue weighted by atomic mass is 10.2. The number of benzene rings is 1. The largest absolute Gasteiger partial charge is 0.454 e. The van der Waals surface area contributed by atoms with E-state index in [2.05, 4.69) is 25.5 Å². The van der Waals surface area contributed by atoms with Gasteiger partial charge in [0, 0.05) is 19.3 Å². The third kappa shape index (κ3) is 4.82. The molecule has 0 bridgehead atoms. The second kappa shape index (κ2) is 8.48. The van der Waals surface area contributed by atoms with Gasteiger partial charge in [0.2, 0.25) is 12.7 Å². The molecular weight excluding hydrogens is 334 g/mol. The molecule has 8 nitrogen and oxygen atoms in total. The van der Waals surface area contributed by atoms with Gasteiger partial charge in [-0.25, -0.2) is 9.97 Å². The van der Waals surface area contributed by atoms with Gasteiger partial charge in [-0.1, -0.05) is 6.07 Å². The average molecular weight is 357 g/mol. The molecule has 2 heterocycles. The number of carbonyl (C=O) groups is 1. The van der Waals surface area contributed by atoms with Crippen LogP contribution >= 0.6 is 0 Å². The minimum Gasteiger partial charge on any atom is -0.454 e. The summed E-state index contributed by atoms with van der Waals surface area (Å²) in [6, 6.07) is 7.19. The molecule has 8 heteroatoms. The number of carbonyl (C=O) groups excluding carboxylic acids is 1. The van der Waals surface area contributed by atoms with Crippen LogP contribution in [0.2, 0.25) is 0 Å². The van der Waals surface area contributed by atoms with Crippen LogP contribution in [0.25, 0.3) is 0 Å². The molecule has 3 rings (SSSR count). The third-order valence-corrected chi connectivity index (χ3v) is 3.84. The van der Waals surface area contributed by atoms with Crippen LogP contribution in [0.4, 0.5) is 5.95 Å². The Hall–Kier alpha value is -2.87. The van der Waals surface area contributed by atoms with Crippen molar-refractivity contribution in [3.05, 3.63) is 41.7 Å². The first-order chi connectivity index (χ1) is 12.6. The highest BCUT2D eigenvalue weighted by atomic mass is 16.7. The summed E-state index contributed by atoms with van der Waals surface area (Å²) in [6.07, 6.45) is 2.55. The molecule has 1 aliphatic rings. The zero-order valence-electron chi connectivity index (χ0n) is 15.0. The van der Waals surface area contributed by atoms with Crippen LogP contribution in [0.3, 0.4) is 0 Å². The van der Waals surface area contributed by atoms with Crippen LogP contribution < -0.4 is 20.1 Å². The highest BCUT2D eigenvalue weighted by Gasteiger charge is 2.14. The number of fused-ring (bicyclic) bond motifs is 1. The van der Waals surface area contributed by atoms with Gasteiger partial charge in [-0.3, -0.25) is 4.79 Å². The second-order valence-electron chi connectivity index (χ2n) is 6.22. The monoisotopic (exact) mass is 357 g/mol. The average Bonchev–Trinajstić information content (AvgIpc) is 3.11. The van der Waals surface area contributed by atoms with E-state index in [1.165, 1.54) is 0 Å². The summed E-state index contributed by atoms with van der Waals surface area (Å²) in [5.41, 5.74) is 1.26. The Morgan fingerprint density at radius 3 is 2.92 bits per heavy atom. The SMILES string of the molecule is CN(C)CCCNc1nccc(C(=O)NCc2ccc3c(c2)OCO3)n1. The molecule has 138 valence electrons. The van der Waals surface area contributed by atoms with Crippen LogP contribution in [0.1, 0.15) is 22.5 Å². The molecule has 1 aromatic carbocycles. The van der Waals surface area contributed by atoms with E-state index in [1.54, 1.807) is 12.3 Å². The molecule has 0 aliphatic carbocycles. The van der Waals surface area contributed by atoms with E-state index in [-0.39, 0.29) is 12.7 Å². The van der Waals surface area contributed by atoms with Gasteiger partial charge in [0.15, 0.2) is 11.5 Å². The Morgan fingerprint density at radius 2 is 2.08 bits per heavy atom. The number of aromatic nitrogens is 2. The van der Waals surface area contributed by atoms with Gasteiger partial charge in [-0.15, -0.1) is 0 Å². The maximum Gasteiger partial charge on any atom is 0.270 e. The number of nitrogens with zero attached hydrogens (tertiary/aromatic N) is 3. The maximum atomic E-state index is 12.3. The van der Waals surface area contributed by atoms with E-state index in [9.17, 15) is 4.79 Å². The van der Waals surface area contributed by atoms with Gasteiger partial charge >= 0.3 is 0 Å². The van der Waals surface area contributed by atoms with Crippen LogP contribution in [-0.4, -0.2) is 54.8 Å². The lowest BCUT2D eigenvalue weighted by Gasteiger charge is -2.10. The van der Waals surface area contributed by atoms with Gasteiger partial charge < -0.3 is 25.0 Å². The van der Waals surface area contributed by atoms with Crippen molar-refractivity contribution in [1.82, 2.24) is 20.2 Å². The highest BCUT2D eigenvalue weighted by molar-refractivity contribution is 5.92. The lowest BCUT2D eigenvalue weighted by molar-refractivity contribution is 0.0946. The quantitative estimate of drug-likeness (QED) is 0.692. The van der Waals surface area contributed by atoms with Crippen molar-refractivity contribution in [3.63, 3.8) is 0 Å². The minimum atomic E-state index is -0.249. The summed E-state index contributed by atoms with van der Waals surface area (Å²) in [5, 5.41) is 5.99. The fourth-order valence-electron chi connectivity index (χ4n) is 2.49. The zero-order chi connectivity index (χ0) is 18.4. The topological polar surface area (TPSA) is 88.6 Å². The summed E-state index contributed by atoms with van der Waals surface area (Å²) in [7, 11) is 4.06. The predicted molar refractivity (Wildman–Crippen MR) is 97.4 cm³/mol. The van der Waals surface area contributed by atoms with Crippen LogP contribution in [0, 0.1) is 0 Å². The van der Waals surface area contributed by atoms with E-state index < -0.39 is 0 Å². The third-order valence-electron chi connectivity index (χ3n) is 3.84. The van der Waals surface area contributed by atoms with Crippen molar-refractivity contribution in [2.24, 2.45) is 0 Å². The first-order valence-electron chi connectivity index (χ1n) is 8.50. The number of nitrogens with one attached hydrogen (secondary N) is 2. The fourth-order valence-corrected chi connectivity index (χ4v) is 2.49. The molecule has 0 radical (unpaired) electrons. The molecule has 1 aliphatic heterocycles. The molecule has 0 fully saturated rings. The molecule has 26 heavy (non-hydrogen) atoms. The normalized spacial score (nSPS) is 12.3.